The molecule has 0 atom stereocenters. The first-order valence-corrected chi connectivity index (χ1v) is 7.95. The van der Waals surface area contributed by atoms with E-state index in [1.807, 2.05) is 6.92 Å². The number of hydrogen-bond acceptors (Lipinski definition) is 5. The minimum absolute atomic E-state index is 0.0761. The van der Waals surface area contributed by atoms with Gasteiger partial charge in [0.25, 0.3) is 0 Å². The third kappa shape index (κ3) is 4.03. The van der Waals surface area contributed by atoms with Crippen molar-refractivity contribution in [1.29, 1.82) is 0 Å². The molecule has 0 radical (unpaired) electrons. The Kier molecular flexibility index (Phi) is 4.61. The SMILES string of the molecule is Cc1cnc(CNS(=O)(=O)c2ccc(C(N)=S)cc2)cn1. The van der Waals surface area contributed by atoms with Crippen LogP contribution in [-0.4, -0.2) is 23.4 Å². The summed E-state index contributed by atoms with van der Waals surface area (Å²) < 4.78 is 26.7. The summed E-state index contributed by atoms with van der Waals surface area (Å²) in [5, 5.41) is 0. The van der Waals surface area contributed by atoms with Gasteiger partial charge in [-0.2, -0.15) is 0 Å². The van der Waals surface area contributed by atoms with Gasteiger partial charge < -0.3 is 5.73 Å². The number of nitrogens with one attached hydrogen (secondary N) is 1. The average molecular weight is 322 g/mol. The molecule has 0 saturated carbocycles. The van der Waals surface area contributed by atoms with Crippen LogP contribution in [0.3, 0.4) is 0 Å². The fraction of sp³-hybridized carbons (Fsp3) is 0.154. The molecule has 0 amide bonds. The maximum atomic E-state index is 12.1. The summed E-state index contributed by atoms with van der Waals surface area (Å²) in [5.74, 6) is 0. The molecule has 8 heteroatoms. The molecule has 1 heterocycles. The number of sulfonamides is 1. The number of nitrogens with two attached hydrogens (primary N) is 1. The molecule has 0 aliphatic carbocycles. The van der Waals surface area contributed by atoms with Gasteiger partial charge in [-0.3, -0.25) is 9.97 Å². The van der Waals surface area contributed by atoms with Gasteiger partial charge in [-0.1, -0.05) is 24.4 Å². The minimum Gasteiger partial charge on any atom is -0.389 e. The van der Waals surface area contributed by atoms with Gasteiger partial charge in [0, 0.05) is 11.8 Å². The third-order valence-electron chi connectivity index (χ3n) is 2.73. The Balaban J connectivity index is 2.11. The van der Waals surface area contributed by atoms with Crippen molar-refractivity contribution in [2.75, 3.05) is 0 Å². The van der Waals surface area contributed by atoms with Crippen LogP contribution in [0.4, 0.5) is 0 Å². The van der Waals surface area contributed by atoms with E-state index in [1.165, 1.54) is 18.3 Å². The first-order valence-electron chi connectivity index (χ1n) is 6.05. The van der Waals surface area contributed by atoms with Crippen molar-refractivity contribution in [3.63, 3.8) is 0 Å². The standard InChI is InChI=1S/C13H14N4O2S2/c1-9-6-16-11(7-15-9)8-17-21(18,19)12-4-2-10(3-5-12)13(14)20/h2-7,17H,8H2,1H3,(H2,14,20). The van der Waals surface area contributed by atoms with Crippen LogP contribution in [-0.2, 0) is 16.6 Å². The highest BCUT2D eigenvalue weighted by Crippen LogP contribution is 2.11. The van der Waals surface area contributed by atoms with Crippen LogP contribution in [0.5, 0.6) is 0 Å². The van der Waals surface area contributed by atoms with Crippen molar-refractivity contribution in [2.45, 2.75) is 18.4 Å². The lowest BCUT2D eigenvalue weighted by Gasteiger charge is -2.07. The molecule has 0 saturated heterocycles. The van der Waals surface area contributed by atoms with Crippen molar-refractivity contribution in [2.24, 2.45) is 5.73 Å². The molecule has 0 spiro atoms. The molecular weight excluding hydrogens is 308 g/mol. The number of aromatic nitrogens is 2. The van der Waals surface area contributed by atoms with Gasteiger partial charge in [-0.15, -0.1) is 0 Å². The number of thiocarbonyl (C=S) groups is 1. The molecule has 1 aromatic heterocycles. The molecule has 3 N–H and O–H groups in total. The average Bonchev–Trinajstić information content (AvgIpc) is 2.47. The summed E-state index contributed by atoms with van der Waals surface area (Å²) in [5.41, 5.74) is 7.41. The normalized spacial score (nSPS) is 11.3. The van der Waals surface area contributed by atoms with E-state index in [1.54, 1.807) is 18.3 Å². The highest BCUT2D eigenvalue weighted by Gasteiger charge is 2.14. The fourth-order valence-electron chi connectivity index (χ4n) is 1.56. The number of nitrogens with zero attached hydrogens (tertiary/aromatic N) is 2. The molecule has 0 bridgehead atoms. The second kappa shape index (κ2) is 6.25. The van der Waals surface area contributed by atoms with Crippen molar-refractivity contribution >= 4 is 27.2 Å². The van der Waals surface area contributed by atoms with Crippen LogP contribution in [0.1, 0.15) is 17.0 Å². The third-order valence-corrected chi connectivity index (χ3v) is 4.38. The van der Waals surface area contributed by atoms with Crippen molar-refractivity contribution < 1.29 is 8.42 Å². The van der Waals surface area contributed by atoms with E-state index >= 15 is 0 Å². The molecule has 6 nitrogen and oxygen atoms in total. The topological polar surface area (TPSA) is 98.0 Å². The molecule has 0 fully saturated rings. The first kappa shape index (κ1) is 15.5. The molecule has 0 aliphatic rings. The van der Waals surface area contributed by atoms with Crippen LogP contribution in [0.2, 0.25) is 0 Å². The molecule has 2 aromatic rings. The van der Waals surface area contributed by atoms with Crippen LogP contribution in [0.25, 0.3) is 0 Å². The van der Waals surface area contributed by atoms with E-state index in [0.29, 0.717) is 11.3 Å². The second-order valence-electron chi connectivity index (χ2n) is 4.36. The van der Waals surface area contributed by atoms with Crippen LogP contribution in [0.15, 0.2) is 41.6 Å². The molecule has 110 valence electrons. The van der Waals surface area contributed by atoms with E-state index in [2.05, 4.69) is 14.7 Å². The Morgan fingerprint density at radius 1 is 1.24 bits per heavy atom. The Labute approximate surface area is 128 Å². The summed E-state index contributed by atoms with van der Waals surface area (Å²) in [6, 6.07) is 6.06. The van der Waals surface area contributed by atoms with Gasteiger partial charge in [0.1, 0.15) is 4.99 Å². The van der Waals surface area contributed by atoms with Crippen molar-refractivity contribution in [1.82, 2.24) is 14.7 Å². The Morgan fingerprint density at radius 2 is 1.90 bits per heavy atom. The lowest BCUT2D eigenvalue weighted by Crippen LogP contribution is -2.24. The molecule has 0 unspecified atom stereocenters. The Morgan fingerprint density at radius 3 is 2.43 bits per heavy atom. The quantitative estimate of drug-likeness (QED) is 0.794. The lowest BCUT2D eigenvalue weighted by molar-refractivity contribution is 0.580. The first-order chi connectivity index (χ1) is 9.88. The Bertz CT molecular complexity index is 741. The zero-order valence-corrected chi connectivity index (χ0v) is 12.9. The van der Waals surface area contributed by atoms with E-state index in [4.69, 9.17) is 18.0 Å². The van der Waals surface area contributed by atoms with E-state index in [0.717, 1.165) is 5.69 Å². The monoisotopic (exact) mass is 322 g/mol. The van der Waals surface area contributed by atoms with Crippen molar-refractivity contribution in [3.05, 3.63) is 53.6 Å². The summed E-state index contributed by atoms with van der Waals surface area (Å²) in [7, 11) is -3.61. The van der Waals surface area contributed by atoms with Gasteiger partial charge >= 0.3 is 0 Å². The lowest BCUT2D eigenvalue weighted by atomic mass is 10.2. The van der Waals surface area contributed by atoms with Gasteiger partial charge in [0.05, 0.1) is 29.0 Å². The molecule has 0 aliphatic heterocycles. The van der Waals surface area contributed by atoms with Gasteiger partial charge in [-0.05, 0) is 19.1 Å². The summed E-state index contributed by atoms with van der Waals surface area (Å²) >= 11 is 4.82. The summed E-state index contributed by atoms with van der Waals surface area (Å²) in [4.78, 5) is 8.51. The van der Waals surface area contributed by atoms with Gasteiger partial charge in [0.15, 0.2) is 0 Å². The molecule has 1 aromatic carbocycles. The Hall–Kier alpha value is -1.90. The molecular formula is C13H14N4O2S2. The molecule has 2 rings (SSSR count). The second-order valence-corrected chi connectivity index (χ2v) is 6.57. The summed E-state index contributed by atoms with van der Waals surface area (Å²) in [6.07, 6.45) is 3.12. The number of benzene rings is 1. The predicted molar refractivity (Wildman–Crippen MR) is 83.1 cm³/mol. The number of hydrogen-bond donors (Lipinski definition) is 2. The highest BCUT2D eigenvalue weighted by atomic mass is 32.2. The van der Waals surface area contributed by atoms with Gasteiger partial charge in [0.2, 0.25) is 10.0 Å². The largest absolute Gasteiger partial charge is 0.389 e. The zero-order valence-electron chi connectivity index (χ0n) is 11.3. The zero-order chi connectivity index (χ0) is 15.5. The van der Waals surface area contributed by atoms with Crippen LogP contribution in [0, 0.1) is 6.92 Å². The predicted octanol–water partition coefficient (Wildman–Crippen LogP) is 0.898. The van der Waals surface area contributed by atoms with Crippen LogP contribution < -0.4 is 10.5 Å². The number of rotatable bonds is 5. The minimum atomic E-state index is -3.61. The fourth-order valence-corrected chi connectivity index (χ4v) is 2.70. The van der Waals surface area contributed by atoms with Gasteiger partial charge in [-0.25, -0.2) is 13.1 Å². The smallest absolute Gasteiger partial charge is 0.240 e. The van der Waals surface area contributed by atoms with E-state index < -0.39 is 10.0 Å². The number of aryl methyl sites for hydroxylation is 1. The highest BCUT2D eigenvalue weighted by molar-refractivity contribution is 7.89. The maximum Gasteiger partial charge on any atom is 0.240 e. The molecule has 21 heavy (non-hydrogen) atoms. The van der Waals surface area contributed by atoms with E-state index in [9.17, 15) is 8.42 Å². The van der Waals surface area contributed by atoms with Crippen LogP contribution >= 0.6 is 12.2 Å². The summed E-state index contributed by atoms with van der Waals surface area (Å²) in [6.45, 7) is 1.89. The van der Waals surface area contributed by atoms with Crippen molar-refractivity contribution in [3.8, 4) is 0 Å². The van der Waals surface area contributed by atoms with E-state index in [-0.39, 0.29) is 16.4 Å². The maximum absolute atomic E-state index is 12.1.